The third-order valence-corrected chi connectivity index (χ3v) is 3.40. The van der Waals surface area contributed by atoms with Crippen LogP contribution in [0.4, 0.5) is 10.5 Å². The zero-order valence-electron chi connectivity index (χ0n) is 11.6. The molecule has 2 rings (SSSR count). The molecule has 0 atom stereocenters. The van der Waals surface area contributed by atoms with E-state index in [1.165, 1.54) is 13.0 Å². The number of benzene rings is 1. The lowest BCUT2D eigenvalue weighted by molar-refractivity contribution is 0.194. The second-order valence-electron chi connectivity index (χ2n) is 4.54. The van der Waals surface area contributed by atoms with Gasteiger partial charge in [-0.1, -0.05) is 30.3 Å². The van der Waals surface area contributed by atoms with Crippen molar-refractivity contribution in [3.63, 3.8) is 0 Å². The summed E-state index contributed by atoms with van der Waals surface area (Å²) in [5.41, 5.74) is 0.0215. The van der Waals surface area contributed by atoms with Gasteiger partial charge in [0.25, 0.3) is 5.56 Å². The van der Waals surface area contributed by atoms with Crippen LogP contribution < -0.4 is 5.56 Å². The van der Waals surface area contributed by atoms with Crippen molar-refractivity contribution < 1.29 is 18.3 Å². The van der Waals surface area contributed by atoms with Crippen molar-refractivity contribution in [2.45, 2.75) is 13.3 Å². The van der Waals surface area contributed by atoms with Crippen LogP contribution in [0.15, 0.2) is 45.6 Å². The van der Waals surface area contributed by atoms with Crippen LogP contribution in [0, 0.1) is 6.92 Å². The number of carboxylic acid groups (broad SMARTS) is 1. The summed E-state index contributed by atoms with van der Waals surface area (Å²) in [6.07, 6.45) is -1.34. The van der Waals surface area contributed by atoms with E-state index in [9.17, 15) is 18.0 Å². The van der Waals surface area contributed by atoms with Crippen LogP contribution in [0.1, 0.15) is 16.8 Å². The fourth-order valence-electron chi connectivity index (χ4n) is 2.12. The summed E-state index contributed by atoms with van der Waals surface area (Å²) >= 11 is 0. The Morgan fingerprint density at radius 1 is 1.27 bits per heavy atom. The average molecular weight is 320 g/mol. The highest BCUT2D eigenvalue weighted by Crippen LogP contribution is 2.20. The second kappa shape index (κ2) is 6.35. The Balaban J connectivity index is 2.73. The summed E-state index contributed by atoms with van der Waals surface area (Å²) in [6.45, 7) is 1.40. The molecule has 0 aliphatic rings. The summed E-state index contributed by atoms with van der Waals surface area (Å²) < 4.78 is 25.6. The number of rotatable bonds is 3. The first-order valence-electron chi connectivity index (χ1n) is 6.24. The molecule has 7 nitrogen and oxygen atoms in total. The lowest BCUT2D eigenvalue weighted by Crippen LogP contribution is -2.30. The minimum Gasteiger partial charge on any atom is -0.464 e. The second-order valence-corrected chi connectivity index (χ2v) is 5.16. The van der Waals surface area contributed by atoms with Crippen molar-refractivity contribution in [2.75, 3.05) is 0 Å². The van der Waals surface area contributed by atoms with Gasteiger partial charge in [0, 0.05) is 17.7 Å². The Kier molecular flexibility index (Phi) is 4.52. The standard InChI is InChI=1S/C14H12N2O5S/c1-9-7-12(15-22(20)21)11(13(17)16(9)14(18)19)8-10-5-3-2-4-6-10/h2-7H,8H2,1H3,(H,18,19). The van der Waals surface area contributed by atoms with Gasteiger partial charge in [-0.25, -0.2) is 9.36 Å². The number of hydrogen-bond acceptors (Lipinski definition) is 5. The molecule has 1 aromatic carbocycles. The normalized spacial score (nSPS) is 10.2. The van der Waals surface area contributed by atoms with Gasteiger partial charge in [-0.05, 0) is 18.6 Å². The monoisotopic (exact) mass is 320 g/mol. The highest BCUT2D eigenvalue weighted by Gasteiger charge is 2.17. The van der Waals surface area contributed by atoms with E-state index in [0.29, 0.717) is 4.57 Å². The van der Waals surface area contributed by atoms with Crippen molar-refractivity contribution in [3.05, 3.63) is 63.6 Å². The molecule has 1 heterocycles. The van der Waals surface area contributed by atoms with E-state index in [4.69, 9.17) is 5.11 Å². The van der Waals surface area contributed by atoms with Gasteiger partial charge in [-0.3, -0.25) is 4.79 Å². The summed E-state index contributed by atoms with van der Waals surface area (Å²) in [4.78, 5) is 23.6. The Morgan fingerprint density at radius 3 is 2.45 bits per heavy atom. The Bertz CT molecular complexity index is 906. The van der Waals surface area contributed by atoms with Gasteiger partial charge in [-0.15, -0.1) is 4.36 Å². The van der Waals surface area contributed by atoms with Crippen molar-refractivity contribution in [1.29, 1.82) is 0 Å². The molecule has 0 bridgehead atoms. The van der Waals surface area contributed by atoms with Crippen LogP contribution in [-0.4, -0.2) is 24.2 Å². The zero-order valence-corrected chi connectivity index (χ0v) is 12.4. The largest absolute Gasteiger partial charge is 0.464 e. The number of nitrogens with zero attached hydrogens (tertiary/aromatic N) is 2. The maximum atomic E-state index is 12.4. The molecule has 0 saturated heterocycles. The quantitative estimate of drug-likeness (QED) is 0.930. The van der Waals surface area contributed by atoms with E-state index in [1.807, 2.05) is 0 Å². The van der Waals surface area contributed by atoms with E-state index < -0.39 is 22.2 Å². The molecule has 0 spiro atoms. The van der Waals surface area contributed by atoms with Crippen LogP contribution in [0.25, 0.3) is 0 Å². The molecule has 0 amide bonds. The number of aromatic nitrogens is 1. The maximum Gasteiger partial charge on any atom is 0.418 e. The highest BCUT2D eigenvalue weighted by atomic mass is 32.2. The third kappa shape index (κ3) is 3.29. The third-order valence-electron chi connectivity index (χ3n) is 3.06. The van der Waals surface area contributed by atoms with E-state index in [2.05, 4.69) is 4.36 Å². The minimum atomic E-state index is -2.74. The predicted octanol–water partition coefficient (Wildman–Crippen LogP) is 1.97. The molecule has 8 heteroatoms. The summed E-state index contributed by atoms with van der Waals surface area (Å²) in [5.74, 6) is 0. The first-order valence-corrected chi connectivity index (χ1v) is 7.27. The van der Waals surface area contributed by atoms with E-state index in [-0.39, 0.29) is 23.4 Å². The summed E-state index contributed by atoms with van der Waals surface area (Å²) in [5, 5.41) is 9.12. The molecule has 0 saturated carbocycles. The molecule has 0 aliphatic heterocycles. The Hall–Kier alpha value is -2.74. The molecule has 0 unspecified atom stereocenters. The molecule has 1 N–H and O–H groups in total. The van der Waals surface area contributed by atoms with Crippen molar-refractivity contribution in [3.8, 4) is 0 Å². The van der Waals surface area contributed by atoms with Crippen molar-refractivity contribution >= 4 is 22.3 Å². The van der Waals surface area contributed by atoms with Crippen LogP contribution >= 0.6 is 0 Å². The molecule has 22 heavy (non-hydrogen) atoms. The zero-order chi connectivity index (χ0) is 16.3. The molecule has 1 aromatic heterocycles. The summed E-state index contributed by atoms with van der Waals surface area (Å²) in [6, 6.07) is 10.1. The SMILES string of the molecule is Cc1cc(N=S(=O)=O)c(Cc2ccccc2)c(=O)n1C(=O)O. The van der Waals surface area contributed by atoms with Crippen molar-refractivity contribution in [1.82, 2.24) is 4.57 Å². The van der Waals surface area contributed by atoms with Gasteiger partial charge in [0.1, 0.15) is 0 Å². The number of aryl methyl sites for hydroxylation is 1. The number of hydrogen-bond donors (Lipinski definition) is 1. The van der Waals surface area contributed by atoms with Crippen LogP contribution in [-0.2, 0) is 16.9 Å². The fraction of sp³-hybridized carbons (Fsp3) is 0.143. The predicted molar refractivity (Wildman–Crippen MR) is 79.1 cm³/mol. The lowest BCUT2D eigenvalue weighted by atomic mass is 10.0. The molecule has 0 aliphatic carbocycles. The van der Waals surface area contributed by atoms with Gasteiger partial charge in [-0.2, -0.15) is 8.42 Å². The van der Waals surface area contributed by atoms with Crippen LogP contribution in [0.5, 0.6) is 0 Å². The number of pyridine rings is 1. The van der Waals surface area contributed by atoms with Crippen LogP contribution in [0.2, 0.25) is 0 Å². The molecule has 0 fully saturated rings. The van der Waals surface area contributed by atoms with Gasteiger partial charge < -0.3 is 5.11 Å². The first-order chi connectivity index (χ1) is 10.4. The van der Waals surface area contributed by atoms with Gasteiger partial charge >= 0.3 is 16.6 Å². The van der Waals surface area contributed by atoms with Gasteiger partial charge in [0.15, 0.2) is 0 Å². The van der Waals surface area contributed by atoms with Gasteiger partial charge in [0.2, 0.25) is 0 Å². The maximum absolute atomic E-state index is 12.4. The van der Waals surface area contributed by atoms with E-state index in [0.717, 1.165) is 5.56 Å². The molecular weight excluding hydrogens is 308 g/mol. The molecule has 114 valence electrons. The van der Waals surface area contributed by atoms with Crippen LogP contribution in [0.3, 0.4) is 0 Å². The van der Waals surface area contributed by atoms with E-state index in [1.54, 1.807) is 30.3 Å². The Labute approximate surface area is 127 Å². The van der Waals surface area contributed by atoms with Crippen molar-refractivity contribution in [2.24, 2.45) is 4.36 Å². The van der Waals surface area contributed by atoms with E-state index >= 15 is 0 Å². The first kappa shape index (κ1) is 15.6. The fourth-order valence-corrected chi connectivity index (χ4v) is 2.44. The molecule has 0 radical (unpaired) electrons. The smallest absolute Gasteiger partial charge is 0.418 e. The molecular formula is C14H12N2O5S. The Morgan fingerprint density at radius 2 is 1.91 bits per heavy atom. The summed E-state index contributed by atoms with van der Waals surface area (Å²) in [7, 11) is -2.74. The number of carbonyl (C=O) groups is 1. The molecule has 2 aromatic rings. The minimum absolute atomic E-state index is 0.0170. The highest BCUT2D eigenvalue weighted by molar-refractivity contribution is 7.61. The average Bonchev–Trinajstić information content (AvgIpc) is 2.43. The topological polar surface area (TPSA) is 106 Å². The lowest BCUT2D eigenvalue weighted by Gasteiger charge is -2.10. The van der Waals surface area contributed by atoms with Gasteiger partial charge in [0.05, 0.1) is 5.69 Å².